The Kier molecular flexibility index (Phi) is 4.23. The molecular formula is C19H18N4O4. The van der Waals surface area contributed by atoms with Crippen molar-refractivity contribution in [2.45, 2.75) is 25.8 Å². The van der Waals surface area contributed by atoms with Crippen molar-refractivity contribution in [3.63, 3.8) is 0 Å². The van der Waals surface area contributed by atoms with Gasteiger partial charge in [0, 0.05) is 12.2 Å². The summed E-state index contributed by atoms with van der Waals surface area (Å²) in [5.74, 6) is 0.141. The van der Waals surface area contributed by atoms with Gasteiger partial charge in [-0.1, -0.05) is 12.1 Å². The molecule has 0 spiro atoms. The van der Waals surface area contributed by atoms with E-state index in [-0.39, 0.29) is 17.0 Å². The lowest BCUT2D eigenvalue weighted by Crippen LogP contribution is -2.30. The topological polar surface area (TPSA) is 106 Å². The molecule has 2 heterocycles. The molecule has 27 heavy (non-hydrogen) atoms. The predicted octanol–water partition coefficient (Wildman–Crippen LogP) is 2.07. The summed E-state index contributed by atoms with van der Waals surface area (Å²) in [6, 6.07) is 8.61. The van der Waals surface area contributed by atoms with Gasteiger partial charge in [-0.2, -0.15) is 0 Å². The average molecular weight is 366 g/mol. The maximum absolute atomic E-state index is 12.6. The summed E-state index contributed by atoms with van der Waals surface area (Å²) >= 11 is 0. The van der Waals surface area contributed by atoms with E-state index >= 15 is 0 Å². The fourth-order valence-electron chi connectivity index (χ4n) is 2.98. The van der Waals surface area contributed by atoms with Crippen LogP contribution in [-0.2, 0) is 0 Å². The second-order valence-corrected chi connectivity index (χ2v) is 6.34. The highest BCUT2D eigenvalue weighted by Crippen LogP contribution is 2.34. The Morgan fingerprint density at radius 2 is 2.11 bits per heavy atom. The Morgan fingerprint density at radius 1 is 1.33 bits per heavy atom. The van der Waals surface area contributed by atoms with Gasteiger partial charge < -0.3 is 10.1 Å². The van der Waals surface area contributed by atoms with Crippen LogP contribution in [0.1, 0.15) is 36.2 Å². The molecule has 0 unspecified atom stereocenters. The fourth-order valence-corrected chi connectivity index (χ4v) is 2.98. The number of ether oxygens (including phenoxy) is 1. The van der Waals surface area contributed by atoms with Crippen LogP contribution in [0.5, 0.6) is 5.75 Å². The first-order valence-corrected chi connectivity index (χ1v) is 8.76. The zero-order valence-electron chi connectivity index (χ0n) is 14.7. The molecule has 0 radical (unpaired) electrons. The number of H-pyrrole nitrogens is 1. The molecule has 1 saturated carbocycles. The molecule has 3 aromatic rings. The van der Waals surface area contributed by atoms with Crippen molar-refractivity contribution < 1.29 is 9.53 Å². The average Bonchev–Trinajstić information content (AvgIpc) is 3.48. The van der Waals surface area contributed by atoms with Gasteiger partial charge in [-0.15, -0.1) is 0 Å². The van der Waals surface area contributed by atoms with Gasteiger partial charge in [0.15, 0.2) is 0 Å². The Balaban J connectivity index is 1.71. The summed E-state index contributed by atoms with van der Waals surface area (Å²) in [6.45, 7) is 2.33. The molecule has 1 aromatic carbocycles. The van der Waals surface area contributed by atoms with E-state index < -0.39 is 17.2 Å². The lowest BCUT2D eigenvalue weighted by atomic mass is 10.2. The maximum Gasteiger partial charge on any atom is 0.330 e. The van der Waals surface area contributed by atoms with Gasteiger partial charge in [0.25, 0.3) is 11.5 Å². The Hall–Kier alpha value is -3.42. The number of hydrogen-bond donors (Lipinski definition) is 2. The fraction of sp³-hybridized carbons (Fsp3) is 0.263. The van der Waals surface area contributed by atoms with Crippen LogP contribution in [0.4, 0.5) is 5.69 Å². The van der Waals surface area contributed by atoms with Crippen molar-refractivity contribution in [3.8, 4) is 5.75 Å². The van der Waals surface area contributed by atoms with Crippen LogP contribution in [0.2, 0.25) is 0 Å². The van der Waals surface area contributed by atoms with E-state index in [0.717, 1.165) is 12.8 Å². The lowest BCUT2D eigenvalue weighted by molar-refractivity contribution is 0.102. The van der Waals surface area contributed by atoms with Crippen molar-refractivity contribution in [2.75, 3.05) is 11.9 Å². The molecule has 0 saturated heterocycles. The van der Waals surface area contributed by atoms with Crippen molar-refractivity contribution in [1.29, 1.82) is 0 Å². The zero-order chi connectivity index (χ0) is 19.0. The number of pyridine rings is 1. The number of carbonyl (C=O) groups is 1. The molecule has 8 heteroatoms. The maximum atomic E-state index is 12.6. The van der Waals surface area contributed by atoms with Crippen molar-refractivity contribution in [1.82, 2.24) is 14.5 Å². The number of rotatable bonds is 5. The standard InChI is InChI=1S/C19H18N4O4/c1-2-27-15-6-4-3-5-14(15)21-17(24)11-9-13-16(20-10-11)23(12-7-8-12)19(26)22-18(13)25/h3-6,9-10,12H,2,7-8H2,1H3,(H,21,24)(H,22,25,26). The van der Waals surface area contributed by atoms with E-state index in [4.69, 9.17) is 4.74 Å². The van der Waals surface area contributed by atoms with Gasteiger partial charge in [0.2, 0.25) is 0 Å². The normalized spacial score (nSPS) is 13.5. The molecular weight excluding hydrogens is 348 g/mol. The smallest absolute Gasteiger partial charge is 0.330 e. The number of fused-ring (bicyclic) bond motifs is 1. The number of benzene rings is 1. The number of amides is 1. The van der Waals surface area contributed by atoms with Crippen molar-refractivity contribution in [3.05, 3.63) is 62.9 Å². The van der Waals surface area contributed by atoms with Crippen LogP contribution >= 0.6 is 0 Å². The summed E-state index contributed by atoms with van der Waals surface area (Å²) in [7, 11) is 0. The molecule has 2 aromatic heterocycles. The number of aromatic amines is 1. The largest absolute Gasteiger partial charge is 0.492 e. The Labute approximate surface area is 153 Å². The van der Waals surface area contributed by atoms with Crippen LogP contribution < -0.4 is 21.3 Å². The van der Waals surface area contributed by atoms with E-state index in [2.05, 4.69) is 15.3 Å². The van der Waals surface area contributed by atoms with Crippen LogP contribution in [-0.4, -0.2) is 27.0 Å². The third-order valence-electron chi connectivity index (χ3n) is 4.39. The quantitative estimate of drug-likeness (QED) is 0.719. The second kappa shape index (κ2) is 6.71. The van der Waals surface area contributed by atoms with E-state index in [1.54, 1.807) is 18.2 Å². The van der Waals surface area contributed by atoms with Gasteiger partial charge in [-0.25, -0.2) is 9.78 Å². The van der Waals surface area contributed by atoms with Crippen LogP contribution in [0.15, 0.2) is 46.1 Å². The van der Waals surface area contributed by atoms with Gasteiger partial charge in [0.1, 0.15) is 11.4 Å². The first-order chi connectivity index (χ1) is 13.1. The molecule has 138 valence electrons. The highest BCUT2D eigenvalue weighted by Gasteiger charge is 2.27. The SMILES string of the molecule is CCOc1ccccc1NC(=O)c1cnc2c(c1)c(=O)[nH]c(=O)n2C1CC1. The number of anilines is 1. The third-order valence-corrected chi connectivity index (χ3v) is 4.39. The van der Waals surface area contributed by atoms with Crippen molar-refractivity contribution in [2.24, 2.45) is 0 Å². The zero-order valence-corrected chi connectivity index (χ0v) is 14.7. The molecule has 8 nitrogen and oxygen atoms in total. The molecule has 2 N–H and O–H groups in total. The number of hydrogen-bond acceptors (Lipinski definition) is 5. The predicted molar refractivity (Wildman–Crippen MR) is 100 cm³/mol. The molecule has 1 amide bonds. The first kappa shape index (κ1) is 17.0. The summed E-state index contributed by atoms with van der Waals surface area (Å²) in [5.41, 5.74) is 0.0354. The number of nitrogens with one attached hydrogen (secondary N) is 2. The Morgan fingerprint density at radius 3 is 2.85 bits per heavy atom. The van der Waals surface area contributed by atoms with E-state index in [1.165, 1.54) is 16.8 Å². The summed E-state index contributed by atoms with van der Waals surface area (Å²) in [5, 5.41) is 2.99. The molecule has 1 aliphatic rings. The molecule has 0 atom stereocenters. The Bertz CT molecular complexity index is 1140. The number of aromatic nitrogens is 3. The highest BCUT2D eigenvalue weighted by atomic mass is 16.5. The minimum absolute atomic E-state index is 0.0575. The van der Waals surface area contributed by atoms with Crippen molar-refractivity contribution >= 4 is 22.6 Å². The summed E-state index contributed by atoms with van der Waals surface area (Å²) in [4.78, 5) is 43.5. The highest BCUT2D eigenvalue weighted by molar-refractivity contribution is 6.06. The summed E-state index contributed by atoms with van der Waals surface area (Å²) in [6.07, 6.45) is 3.12. The number of carbonyl (C=O) groups excluding carboxylic acids is 1. The second-order valence-electron chi connectivity index (χ2n) is 6.34. The molecule has 0 bridgehead atoms. The molecule has 4 rings (SSSR count). The van der Waals surface area contributed by atoms with Crippen LogP contribution in [0, 0.1) is 0 Å². The van der Waals surface area contributed by atoms with Gasteiger partial charge in [-0.3, -0.25) is 19.1 Å². The molecule has 1 aliphatic carbocycles. The van der Waals surface area contributed by atoms with E-state index in [0.29, 0.717) is 23.7 Å². The minimum atomic E-state index is -0.552. The third kappa shape index (κ3) is 3.21. The molecule has 0 aliphatic heterocycles. The lowest BCUT2D eigenvalue weighted by Gasteiger charge is -2.12. The monoisotopic (exact) mass is 366 g/mol. The number of nitrogens with zero attached hydrogens (tertiary/aromatic N) is 2. The van der Waals surface area contributed by atoms with E-state index in [1.807, 2.05) is 13.0 Å². The van der Waals surface area contributed by atoms with Gasteiger partial charge in [0.05, 0.1) is 23.2 Å². The first-order valence-electron chi connectivity index (χ1n) is 8.76. The summed E-state index contributed by atoms with van der Waals surface area (Å²) < 4.78 is 6.99. The van der Waals surface area contributed by atoms with Crippen LogP contribution in [0.25, 0.3) is 11.0 Å². The number of para-hydroxylation sites is 2. The molecule has 1 fully saturated rings. The van der Waals surface area contributed by atoms with E-state index in [9.17, 15) is 14.4 Å². The van der Waals surface area contributed by atoms with Crippen LogP contribution in [0.3, 0.4) is 0 Å². The minimum Gasteiger partial charge on any atom is -0.492 e. The van der Waals surface area contributed by atoms with Gasteiger partial charge in [-0.05, 0) is 38.0 Å². The van der Waals surface area contributed by atoms with Gasteiger partial charge >= 0.3 is 5.69 Å².